The van der Waals surface area contributed by atoms with Gasteiger partial charge in [-0.3, -0.25) is 4.79 Å². The van der Waals surface area contributed by atoms with Crippen LogP contribution in [0.5, 0.6) is 0 Å². The fourth-order valence-electron chi connectivity index (χ4n) is 2.46. The molecule has 0 radical (unpaired) electrons. The summed E-state index contributed by atoms with van der Waals surface area (Å²) in [7, 11) is 0. The molecule has 2 N–H and O–H groups in total. The first-order valence-corrected chi connectivity index (χ1v) is 7.26. The van der Waals surface area contributed by atoms with Crippen molar-refractivity contribution in [2.24, 2.45) is 0 Å². The highest BCUT2D eigenvalue weighted by molar-refractivity contribution is 5.97. The summed E-state index contributed by atoms with van der Waals surface area (Å²) in [5.41, 5.74) is -1.50. The number of rotatable bonds is 4. The van der Waals surface area contributed by atoms with Crippen LogP contribution in [0.4, 0.5) is 14.5 Å². The van der Waals surface area contributed by atoms with Crippen LogP contribution >= 0.6 is 0 Å². The largest absolute Gasteiger partial charge is 0.441 e. The molecule has 23 heavy (non-hydrogen) atoms. The number of nitrogens with one attached hydrogen (secondary N) is 1. The van der Waals surface area contributed by atoms with E-state index in [0.717, 1.165) is 0 Å². The minimum Gasteiger partial charge on any atom is -0.441 e. The molecule has 2 aromatic rings. The summed E-state index contributed by atoms with van der Waals surface area (Å²) in [6, 6.07) is 6.27. The number of carbonyl (C=O) groups is 1. The summed E-state index contributed by atoms with van der Waals surface area (Å²) < 4.78 is 33.5. The van der Waals surface area contributed by atoms with E-state index in [1.54, 1.807) is 25.3 Å². The summed E-state index contributed by atoms with van der Waals surface area (Å²) in [6.07, 6.45) is 1.87. The third-order valence-electron chi connectivity index (χ3n) is 4.04. The van der Waals surface area contributed by atoms with Crippen LogP contribution in [-0.2, 0) is 4.79 Å². The molecule has 1 saturated carbocycles. The van der Waals surface area contributed by atoms with Gasteiger partial charge in [0, 0.05) is 11.3 Å². The van der Waals surface area contributed by atoms with Crippen LogP contribution in [0.2, 0.25) is 0 Å². The monoisotopic (exact) mass is 322 g/mol. The quantitative estimate of drug-likeness (QED) is 0.907. The van der Waals surface area contributed by atoms with Crippen molar-refractivity contribution in [2.75, 3.05) is 5.32 Å². The topological polar surface area (TPSA) is 75.4 Å². The average molecular weight is 322 g/mol. The second kappa shape index (κ2) is 5.42. The number of aromatic nitrogens is 1. The molecule has 1 fully saturated rings. The van der Waals surface area contributed by atoms with E-state index in [2.05, 4.69) is 10.3 Å². The summed E-state index contributed by atoms with van der Waals surface area (Å²) in [6.45, 7) is 1.74. The number of anilines is 1. The average Bonchev–Trinajstić information content (AvgIpc) is 2.91. The van der Waals surface area contributed by atoms with Crippen molar-refractivity contribution in [3.8, 4) is 11.5 Å². The van der Waals surface area contributed by atoms with Gasteiger partial charge in [-0.05, 0) is 44.4 Å². The zero-order chi connectivity index (χ0) is 16.7. The lowest BCUT2D eigenvalue weighted by atomic mass is 9.75. The number of oxazole rings is 1. The summed E-state index contributed by atoms with van der Waals surface area (Å²) in [5, 5.41) is 11.9. The smallest absolute Gasteiger partial charge is 0.352 e. The number of carbonyl (C=O) groups excluding carboxylic acids is 1. The van der Waals surface area contributed by atoms with Gasteiger partial charge in [-0.15, -0.1) is 0 Å². The van der Waals surface area contributed by atoms with E-state index in [9.17, 15) is 18.7 Å². The molecule has 0 aliphatic heterocycles. The summed E-state index contributed by atoms with van der Waals surface area (Å²) >= 11 is 0. The standard InChI is InChI=1S/C16H16F2N2O3/c1-10-9-19-13(23-10)11-4-2-5-12(8-11)20-14(21)16(17,18)15(22)6-3-7-15/h2,4-5,8-9,22H,3,6-7H2,1H3,(H,20,21). The molecule has 0 atom stereocenters. The molecule has 1 aliphatic rings. The molecule has 1 aromatic heterocycles. The second-order valence-corrected chi connectivity index (χ2v) is 5.77. The van der Waals surface area contributed by atoms with Crippen LogP contribution in [0.15, 0.2) is 34.9 Å². The van der Waals surface area contributed by atoms with Gasteiger partial charge in [-0.2, -0.15) is 8.78 Å². The van der Waals surface area contributed by atoms with Crippen molar-refractivity contribution in [1.29, 1.82) is 0 Å². The highest BCUT2D eigenvalue weighted by atomic mass is 19.3. The molecule has 5 nitrogen and oxygen atoms in total. The fraction of sp³-hybridized carbons (Fsp3) is 0.375. The van der Waals surface area contributed by atoms with Gasteiger partial charge < -0.3 is 14.8 Å². The van der Waals surface area contributed by atoms with E-state index >= 15 is 0 Å². The molecule has 1 aromatic carbocycles. The summed E-state index contributed by atoms with van der Waals surface area (Å²) in [5.74, 6) is -4.39. The predicted octanol–water partition coefficient (Wildman–Crippen LogP) is 3.14. The van der Waals surface area contributed by atoms with Crippen LogP contribution in [0.1, 0.15) is 25.0 Å². The lowest BCUT2D eigenvalue weighted by Gasteiger charge is -2.41. The lowest BCUT2D eigenvalue weighted by Crippen LogP contribution is -2.59. The van der Waals surface area contributed by atoms with E-state index in [1.807, 2.05) is 0 Å². The molecule has 0 spiro atoms. The number of aryl methyl sites for hydroxylation is 1. The minimum absolute atomic E-state index is 0.0803. The van der Waals surface area contributed by atoms with Crippen molar-refractivity contribution in [2.45, 2.75) is 37.7 Å². The molecular weight excluding hydrogens is 306 g/mol. The van der Waals surface area contributed by atoms with Crippen LogP contribution < -0.4 is 5.32 Å². The van der Waals surface area contributed by atoms with E-state index < -0.39 is 17.4 Å². The maximum Gasteiger partial charge on any atom is 0.352 e. The van der Waals surface area contributed by atoms with Crippen molar-refractivity contribution < 1.29 is 23.1 Å². The molecule has 7 heteroatoms. The molecule has 0 saturated heterocycles. The second-order valence-electron chi connectivity index (χ2n) is 5.77. The molecule has 122 valence electrons. The number of benzene rings is 1. The molecule has 3 rings (SSSR count). The SMILES string of the molecule is Cc1cnc(-c2cccc(NC(=O)C(F)(F)C3(O)CCC3)c2)o1. The van der Waals surface area contributed by atoms with Gasteiger partial charge >= 0.3 is 5.92 Å². The summed E-state index contributed by atoms with van der Waals surface area (Å²) in [4.78, 5) is 15.9. The first kappa shape index (κ1) is 15.6. The Morgan fingerprint density at radius 2 is 2.17 bits per heavy atom. The van der Waals surface area contributed by atoms with Crippen molar-refractivity contribution >= 4 is 11.6 Å². The molecule has 1 amide bonds. The Labute approximate surface area is 131 Å². The Morgan fingerprint density at radius 1 is 1.43 bits per heavy atom. The maximum absolute atomic E-state index is 14.1. The number of hydrogen-bond acceptors (Lipinski definition) is 4. The number of halogens is 2. The number of nitrogens with zero attached hydrogens (tertiary/aromatic N) is 1. The predicted molar refractivity (Wildman–Crippen MR) is 79.1 cm³/mol. The van der Waals surface area contributed by atoms with Gasteiger partial charge in [0.2, 0.25) is 5.89 Å². The zero-order valence-corrected chi connectivity index (χ0v) is 12.5. The van der Waals surface area contributed by atoms with Crippen molar-refractivity contribution in [1.82, 2.24) is 4.98 Å². The van der Waals surface area contributed by atoms with Gasteiger partial charge in [-0.25, -0.2) is 4.98 Å². The Hall–Kier alpha value is -2.28. The lowest BCUT2D eigenvalue weighted by molar-refractivity contribution is -0.212. The minimum atomic E-state index is -3.83. The van der Waals surface area contributed by atoms with Gasteiger partial charge in [0.15, 0.2) is 0 Å². The Bertz CT molecular complexity index is 738. The molecular formula is C16H16F2N2O3. The van der Waals surface area contributed by atoms with Crippen LogP contribution in [0.25, 0.3) is 11.5 Å². The zero-order valence-electron chi connectivity index (χ0n) is 12.5. The maximum atomic E-state index is 14.1. The van der Waals surface area contributed by atoms with Crippen LogP contribution in [-0.4, -0.2) is 27.5 Å². The molecule has 0 unspecified atom stereocenters. The third-order valence-corrected chi connectivity index (χ3v) is 4.04. The Morgan fingerprint density at radius 3 is 2.74 bits per heavy atom. The van der Waals surface area contributed by atoms with Crippen molar-refractivity contribution in [3.63, 3.8) is 0 Å². The number of amides is 1. The Balaban J connectivity index is 1.79. The molecule has 1 heterocycles. The number of alkyl halides is 2. The van der Waals surface area contributed by atoms with E-state index in [4.69, 9.17) is 4.42 Å². The van der Waals surface area contributed by atoms with Gasteiger partial charge in [0.05, 0.1) is 6.20 Å². The fourth-order valence-corrected chi connectivity index (χ4v) is 2.46. The number of hydrogen-bond donors (Lipinski definition) is 2. The van der Waals surface area contributed by atoms with Crippen LogP contribution in [0.3, 0.4) is 0 Å². The Kier molecular flexibility index (Phi) is 3.68. The van der Waals surface area contributed by atoms with E-state index in [1.165, 1.54) is 12.1 Å². The van der Waals surface area contributed by atoms with Gasteiger partial charge in [0.25, 0.3) is 5.91 Å². The van der Waals surface area contributed by atoms with E-state index in [-0.39, 0.29) is 18.5 Å². The molecule has 0 bridgehead atoms. The van der Waals surface area contributed by atoms with Crippen LogP contribution in [0, 0.1) is 6.92 Å². The van der Waals surface area contributed by atoms with Gasteiger partial charge in [-0.1, -0.05) is 6.07 Å². The van der Waals surface area contributed by atoms with E-state index in [0.29, 0.717) is 23.6 Å². The number of aliphatic hydroxyl groups is 1. The van der Waals surface area contributed by atoms with Crippen molar-refractivity contribution in [3.05, 3.63) is 36.2 Å². The third kappa shape index (κ3) is 2.72. The first-order valence-electron chi connectivity index (χ1n) is 7.26. The molecule has 1 aliphatic carbocycles. The first-order chi connectivity index (χ1) is 10.8. The highest BCUT2D eigenvalue weighted by Gasteiger charge is 2.61. The van der Waals surface area contributed by atoms with Gasteiger partial charge in [0.1, 0.15) is 11.4 Å². The highest BCUT2D eigenvalue weighted by Crippen LogP contribution is 2.44. The normalized spacial score (nSPS) is 16.7.